The van der Waals surface area contributed by atoms with Crippen LogP contribution in [-0.4, -0.2) is 26.7 Å². The minimum absolute atomic E-state index is 0.00438. The molecule has 0 bridgehead atoms. The third-order valence-electron chi connectivity index (χ3n) is 7.16. The standard InChI is InChI=1S/C26H31N5O3/c1-15(2)31-22-10-6-5-9-21(22)24(30-31)26(34)27-17-11-12-18(16(13-17)14-32)23-19-7-3-4-8-20(19)25(33)29-28-23/h5-6,9-13,15,19-20,23,28,32H,3-4,7-8,14H2,1-2H3,(H,27,34)(H,29,33). The van der Waals surface area contributed by atoms with Crippen LogP contribution in [-0.2, 0) is 11.4 Å². The summed E-state index contributed by atoms with van der Waals surface area (Å²) in [5.74, 6) is -0.0408. The number of rotatable bonds is 5. The second-order valence-electron chi connectivity index (χ2n) is 9.60. The third-order valence-corrected chi connectivity index (χ3v) is 7.16. The van der Waals surface area contributed by atoms with Gasteiger partial charge in [-0.2, -0.15) is 5.10 Å². The van der Waals surface area contributed by atoms with Gasteiger partial charge in [-0.3, -0.25) is 19.7 Å². The lowest BCUT2D eigenvalue weighted by Crippen LogP contribution is -2.55. The number of aromatic nitrogens is 2. The highest BCUT2D eigenvalue weighted by atomic mass is 16.3. The Morgan fingerprint density at radius 1 is 1.21 bits per heavy atom. The Bertz CT molecular complexity index is 1230. The summed E-state index contributed by atoms with van der Waals surface area (Å²) in [5.41, 5.74) is 9.57. The highest BCUT2D eigenvalue weighted by molar-refractivity contribution is 6.11. The molecule has 1 saturated carbocycles. The highest BCUT2D eigenvalue weighted by Crippen LogP contribution is 2.41. The van der Waals surface area contributed by atoms with E-state index < -0.39 is 0 Å². The summed E-state index contributed by atoms with van der Waals surface area (Å²) < 4.78 is 1.86. The molecular formula is C26H31N5O3. The number of para-hydroxylation sites is 1. The SMILES string of the molecule is CC(C)n1nc(C(=O)Nc2ccc(C3NNC(=O)C4CCCCC43)c(CO)c2)c2ccccc21. The molecule has 2 fully saturated rings. The number of benzene rings is 2. The van der Waals surface area contributed by atoms with E-state index >= 15 is 0 Å². The topological polar surface area (TPSA) is 108 Å². The number of hydrazine groups is 1. The molecule has 2 aromatic carbocycles. The average molecular weight is 462 g/mol. The first-order valence-electron chi connectivity index (χ1n) is 12.1. The summed E-state index contributed by atoms with van der Waals surface area (Å²) in [6, 6.07) is 13.4. The Balaban J connectivity index is 1.42. The van der Waals surface area contributed by atoms with Crippen LogP contribution in [0, 0.1) is 11.8 Å². The molecule has 4 N–H and O–H groups in total. The van der Waals surface area contributed by atoms with Gasteiger partial charge < -0.3 is 10.4 Å². The van der Waals surface area contributed by atoms with Crippen molar-refractivity contribution in [3.05, 3.63) is 59.3 Å². The van der Waals surface area contributed by atoms with E-state index in [1.807, 2.05) is 61.0 Å². The maximum absolute atomic E-state index is 13.2. The number of aliphatic hydroxyl groups is 1. The number of anilines is 1. The van der Waals surface area contributed by atoms with Crippen molar-refractivity contribution in [2.75, 3.05) is 5.32 Å². The Morgan fingerprint density at radius 2 is 2.00 bits per heavy atom. The van der Waals surface area contributed by atoms with E-state index in [0.717, 1.165) is 47.7 Å². The summed E-state index contributed by atoms with van der Waals surface area (Å²) in [5, 5.41) is 18.5. The van der Waals surface area contributed by atoms with E-state index in [-0.39, 0.29) is 42.3 Å². The monoisotopic (exact) mass is 461 g/mol. The van der Waals surface area contributed by atoms with E-state index in [4.69, 9.17) is 0 Å². The third kappa shape index (κ3) is 3.97. The maximum Gasteiger partial charge on any atom is 0.276 e. The molecule has 1 aromatic heterocycles. The molecule has 2 heterocycles. The van der Waals surface area contributed by atoms with Crippen molar-refractivity contribution < 1.29 is 14.7 Å². The summed E-state index contributed by atoms with van der Waals surface area (Å²) in [7, 11) is 0. The van der Waals surface area contributed by atoms with Crippen LogP contribution >= 0.6 is 0 Å². The first-order chi connectivity index (χ1) is 16.5. The van der Waals surface area contributed by atoms with Crippen molar-refractivity contribution in [3.63, 3.8) is 0 Å². The highest BCUT2D eigenvalue weighted by Gasteiger charge is 2.41. The van der Waals surface area contributed by atoms with E-state index in [0.29, 0.717) is 11.4 Å². The summed E-state index contributed by atoms with van der Waals surface area (Å²) in [6.45, 7) is 3.91. The number of amides is 2. The van der Waals surface area contributed by atoms with Crippen LogP contribution in [0.25, 0.3) is 10.9 Å². The smallest absolute Gasteiger partial charge is 0.276 e. The predicted molar refractivity (Wildman–Crippen MR) is 130 cm³/mol. The van der Waals surface area contributed by atoms with Crippen LogP contribution in [0.5, 0.6) is 0 Å². The molecule has 178 valence electrons. The zero-order chi connectivity index (χ0) is 23.8. The van der Waals surface area contributed by atoms with Gasteiger partial charge in [-0.05, 0) is 61.9 Å². The van der Waals surface area contributed by atoms with E-state index in [1.165, 1.54) is 0 Å². The fraction of sp³-hybridized carbons (Fsp3) is 0.423. The lowest BCUT2D eigenvalue weighted by Gasteiger charge is -2.41. The van der Waals surface area contributed by atoms with Gasteiger partial charge >= 0.3 is 0 Å². The van der Waals surface area contributed by atoms with Gasteiger partial charge in [-0.15, -0.1) is 0 Å². The van der Waals surface area contributed by atoms with Crippen molar-refractivity contribution in [1.82, 2.24) is 20.6 Å². The lowest BCUT2D eigenvalue weighted by atomic mass is 9.71. The van der Waals surface area contributed by atoms with Crippen molar-refractivity contribution >= 4 is 28.4 Å². The van der Waals surface area contributed by atoms with Crippen LogP contribution < -0.4 is 16.2 Å². The van der Waals surface area contributed by atoms with Crippen molar-refractivity contribution in [2.45, 2.75) is 58.2 Å². The zero-order valence-electron chi connectivity index (χ0n) is 19.5. The van der Waals surface area contributed by atoms with Crippen LogP contribution in [0.2, 0.25) is 0 Å². The van der Waals surface area contributed by atoms with E-state index in [9.17, 15) is 14.7 Å². The molecule has 5 rings (SSSR count). The van der Waals surface area contributed by atoms with Crippen LogP contribution in [0.3, 0.4) is 0 Å². The Morgan fingerprint density at radius 3 is 2.79 bits per heavy atom. The van der Waals surface area contributed by atoms with Gasteiger partial charge in [-0.1, -0.05) is 37.1 Å². The van der Waals surface area contributed by atoms with Crippen LogP contribution in [0.1, 0.15) is 73.2 Å². The summed E-state index contributed by atoms with van der Waals surface area (Å²) >= 11 is 0. The van der Waals surface area contributed by atoms with E-state index in [2.05, 4.69) is 21.3 Å². The summed E-state index contributed by atoms with van der Waals surface area (Å²) in [4.78, 5) is 25.5. The normalized spacial score (nSPS) is 22.5. The van der Waals surface area contributed by atoms with Crippen LogP contribution in [0.15, 0.2) is 42.5 Å². The molecule has 8 nitrogen and oxygen atoms in total. The number of carbonyl (C=O) groups is 2. The number of hydrogen-bond acceptors (Lipinski definition) is 5. The minimum Gasteiger partial charge on any atom is -0.392 e. The lowest BCUT2D eigenvalue weighted by molar-refractivity contribution is -0.133. The summed E-state index contributed by atoms with van der Waals surface area (Å²) in [6.07, 6.45) is 4.05. The van der Waals surface area contributed by atoms with Gasteiger partial charge in [0.05, 0.1) is 18.2 Å². The molecule has 1 aliphatic heterocycles. The fourth-order valence-electron chi connectivity index (χ4n) is 5.51. The van der Waals surface area contributed by atoms with Crippen molar-refractivity contribution in [2.24, 2.45) is 11.8 Å². The minimum atomic E-state index is -0.289. The van der Waals surface area contributed by atoms with Gasteiger partial charge in [0.1, 0.15) is 0 Å². The van der Waals surface area contributed by atoms with Crippen molar-refractivity contribution in [3.8, 4) is 0 Å². The molecule has 0 spiro atoms. The second kappa shape index (κ2) is 9.19. The zero-order valence-corrected chi connectivity index (χ0v) is 19.5. The molecule has 3 aromatic rings. The first kappa shape index (κ1) is 22.6. The second-order valence-corrected chi connectivity index (χ2v) is 9.60. The fourth-order valence-corrected chi connectivity index (χ4v) is 5.51. The van der Waals surface area contributed by atoms with E-state index in [1.54, 1.807) is 0 Å². The van der Waals surface area contributed by atoms with Gasteiger partial charge in [0.15, 0.2) is 5.69 Å². The molecule has 0 radical (unpaired) electrons. The Kier molecular flexibility index (Phi) is 6.10. The average Bonchev–Trinajstić information content (AvgIpc) is 3.25. The molecular weight excluding hydrogens is 430 g/mol. The molecule has 2 aliphatic rings. The number of nitrogens with zero attached hydrogens (tertiary/aromatic N) is 2. The largest absolute Gasteiger partial charge is 0.392 e. The molecule has 3 unspecified atom stereocenters. The predicted octanol–water partition coefficient (Wildman–Crippen LogP) is 3.84. The van der Waals surface area contributed by atoms with Gasteiger partial charge in [0.2, 0.25) is 5.91 Å². The van der Waals surface area contributed by atoms with Crippen LogP contribution in [0.4, 0.5) is 5.69 Å². The number of fused-ring (bicyclic) bond motifs is 2. The van der Waals surface area contributed by atoms with Gasteiger partial charge in [0.25, 0.3) is 5.91 Å². The van der Waals surface area contributed by atoms with Crippen molar-refractivity contribution in [1.29, 1.82) is 0 Å². The first-order valence-corrected chi connectivity index (χ1v) is 12.1. The number of aliphatic hydroxyl groups excluding tert-OH is 1. The quantitative estimate of drug-likeness (QED) is 0.462. The molecule has 1 aliphatic carbocycles. The number of hydrogen-bond donors (Lipinski definition) is 4. The molecule has 2 amide bonds. The Labute approximate surface area is 198 Å². The van der Waals surface area contributed by atoms with Gasteiger partial charge in [-0.25, -0.2) is 5.43 Å². The molecule has 34 heavy (non-hydrogen) atoms. The maximum atomic E-state index is 13.2. The molecule has 3 atom stereocenters. The van der Waals surface area contributed by atoms with Gasteiger partial charge in [0, 0.05) is 23.0 Å². The Hall–Kier alpha value is -3.23. The molecule has 1 saturated heterocycles. The number of carbonyl (C=O) groups excluding carboxylic acids is 2. The number of nitrogens with one attached hydrogen (secondary N) is 3. The molecule has 8 heteroatoms.